The van der Waals surface area contributed by atoms with E-state index in [-0.39, 0.29) is 30.0 Å². The van der Waals surface area contributed by atoms with Crippen molar-refractivity contribution < 1.29 is 26.4 Å². The van der Waals surface area contributed by atoms with Crippen LogP contribution < -0.4 is 12.4 Å². The molecule has 31 heavy (non-hydrogen) atoms. The first kappa shape index (κ1) is 32.6. The first-order valence-electron chi connectivity index (χ1n) is 12.9. The highest BCUT2D eigenvalue weighted by Crippen LogP contribution is 2.44. The van der Waals surface area contributed by atoms with Gasteiger partial charge in [-0.3, -0.25) is 4.48 Å². The third kappa shape index (κ3) is 13.6. The molecule has 4 heteroatoms. The molecule has 0 saturated carbocycles. The minimum Gasteiger partial charge on any atom is -1.00 e. The van der Waals surface area contributed by atoms with E-state index < -0.39 is 0 Å². The molecule has 0 aromatic carbocycles. The molecule has 0 rings (SSSR count). The molecule has 0 heterocycles. The van der Waals surface area contributed by atoms with Gasteiger partial charge < -0.3 is 17.1 Å². The highest BCUT2D eigenvalue weighted by Gasteiger charge is 2.37. The maximum atomic E-state index is 13.2. The summed E-state index contributed by atoms with van der Waals surface area (Å²) in [4.78, 5) is 13.2. The first-order chi connectivity index (χ1) is 14.1. The van der Waals surface area contributed by atoms with Crippen molar-refractivity contribution >= 4 is 5.97 Å². The number of quaternary nitrogens is 1. The zero-order valence-corrected chi connectivity index (χ0v) is 22.8. The van der Waals surface area contributed by atoms with Crippen LogP contribution in [0, 0.1) is 5.41 Å². The van der Waals surface area contributed by atoms with Crippen LogP contribution in [0.5, 0.6) is 0 Å². The fourth-order valence-electron chi connectivity index (χ4n) is 4.10. The zero-order chi connectivity index (χ0) is 23.0. The number of hydrogen-bond donors (Lipinski definition) is 0. The second kappa shape index (κ2) is 18.0. The average molecular weight is 460 g/mol. The van der Waals surface area contributed by atoms with Crippen LogP contribution in [-0.4, -0.2) is 37.8 Å². The molecule has 0 N–H and O–H groups in total. The molecule has 1 unspecified atom stereocenters. The molecule has 0 amide bonds. The fraction of sp³-hybridized carbons (Fsp3) is 0.889. The molecule has 0 radical (unpaired) electrons. The first-order valence-corrected chi connectivity index (χ1v) is 12.9. The minimum atomic E-state index is -0.174. The molecule has 0 saturated heterocycles. The summed E-state index contributed by atoms with van der Waals surface area (Å²) >= 11 is 0. The van der Waals surface area contributed by atoms with Crippen molar-refractivity contribution in [1.29, 1.82) is 0 Å². The van der Waals surface area contributed by atoms with E-state index in [4.69, 9.17) is 4.74 Å². The van der Waals surface area contributed by atoms with Gasteiger partial charge in [-0.05, 0) is 19.3 Å². The van der Waals surface area contributed by atoms with Gasteiger partial charge in [0.05, 0.1) is 21.1 Å². The van der Waals surface area contributed by atoms with Crippen LogP contribution in [-0.2, 0) is 9.53 Å². The van der Waals surface area contributed by atoms with Gasteiger partial charge >= 0.3 is 5.97 Å². The molecule has 186 valence electrons. The number of carbonyl (C=O) groups excluding carboxylic acids is 1. The Bertz CT molecular complexity index is 439. The summed E-state index contributed by atoms with van der Waals surface area (Å²) in [6.45, 7) is 13.1. The van der Waals surface area contributed by atoms with Gasteiger partial charge in [0.1, 0.15) is 0 Å². The quantitative estimate of drug-likeness (QED) is 0.0888. The van der Waals surface area contributed by atoms with Crippen LogP contribution in [0.3, 0.4) is 0 Å². The lowest BCUT2D eigenvalue weighted by molar-refractivity contribution is -0.914. The lowest BCUT2D eigenvalue weighted by Gasteiger charge is -2.37. The van der Waals surface area contributed by atoms with E-state index in [0.29, 0.717) is 4.48 Å². The Morgan fingerprint density at radius 2 is 1.13 bits per heavy atom. The van der Waals surface area contributed by atoms with E-state index in [2.05, 4.69) is 48.5 Å². The number of unbranched alkanes of at least 4 members (excludes halogenated alkanes) is 9. The summed E-state index contributed by atoms with van der Waals surface area (Å²) < 4.78 is 6.51. The van der Waals surface area contributed by atoms with Crippen LogP contribution in [0.15, 0.2) is 12.2 Å². The molecule has 3 nitrogen and oxygen atoms in total. The van der Waals surface area contributed by atoms with E-state index in [9.17, 15) is 4.79 Å². The maximum Gasteiger partial charge on any atom is 0.338 e. The van der Waals surface area contributed by atoms with Crippen LogP contribution in [0.1, 0.15) is 124 Å². The predicted molar refractivity (Wildman–Crippen MR) is 131 cm³/mol. The number of nitrogens with zero attached hydrogens (tertiary/aromatic N) is 1. The van der Waals surface area contributed by atoms with Crippen molar-refractivity contribution in [2.45, 2.75) is 130 Å². The van der Waals surface area contributed by atoms with Crippen molar-refractivity contribution in [2.24, 2.45) is 5.41 Å². The van der Waals surface area contributed by atoms with Crippen LogP contribution in [0.4, 0.5) is 0 Å². The topological polar surface area (TPSA) is 26.3 Å². The highest BCUT2D eigenvalue weighted by atomic mass is 35.5. The number of carbonyl (C=O) groups is 1. The van der Waals surface area contributed by atoms with Crippen molar-refractivity contribution in [3.8, 4) is 0 Å². The standard InChI is InChI=1S/C27H54NO2.ClH/c1-9-12-15-18-21-27(22-19-16-13-10-2,23-20-17-14-11-3)24(4)26(29)30-25(5)28(6,7)8;/h25H,4,9-23H2,1-3,5-8H3;1H/q+1;/p-1. The lowest BCUT2D eigenvalue weighted by atomic mass is 9.69. The Morgan fingerprint density at radius 1 is 0.774 bits per heavy atom. The molecular weight excluding hydrogens is 406 g/mol. The zero-order valence-electron chi connectivity index (χ0n) is 22.0. The molecule has 0 aliphatic rings. The van der Waals surface area contributed by atoms with Gasteiger partial charge in [-0.2, -0.15) is 0 Å². The van der Waals surface area contributed by atoms with Crippen LogP contribution in [0.25, 0.3) is 0 Å². The van der Waals surface area contributed by atoms with Crippen LogP contribution in [0.2, 0.25) is 0 Å². The van der Waals surface area contributed by atoms with Gasteiger partial charge in [0.25, 0.3) is 0 Å². The molecule has 0 aromatic rings. The van der Waals surface area contributed by atoms with Gasteiger partial charge in [0.15, 0.2) is 0 Å². The summed E-state index contributed by atoms with van der Waals surface area (Å²) in [6, 6.07) is 0. The van der Waals surface area contributed by atoms with E-state index in [1.807, 2.05) is 6.92 Å². The summed E-state index contributed by atoms with van der Waals surface area (Å²) in [5.74, 6) is -0.169. The highest BCUT2D eigenvalue weighted by molar-refractivity contribution is 5.89. The fourth-order valence-corrected chi connectivity index (χ4v) is 4.10. The Labute approximate surface area is 201 Å². The van der Waals surface area contributed by atoms with Crippen molar-refractivity contribution in [2.75, 3.05) is 21.1 Å². The molecule has 0 bridgehead atoms. The number of ether oxygens (including phenoxy) is 1. The summed E-state index contributed by atoms with van der Waals surface area (Å²) in [6.07, 6.45) is 17.9. The Morgan fingerprint density at radius 3 is 1.42 bits per heavy atom. The Hall–Kier alpha value is -0.540. The van der Waals surface area contributed by atoms with Crippen molar-refractivity contribution in [3.63, 3.8) is 0 Å². The third-order valence-electron chi connectivity index (χ3n) is 6.78. The number of rotatable bonds is 19. The molecular formula is C27H54ClNO2. The van der Waals surface area contributed by atoms with Gasteiger partial charge in [0.2, 0.25) is 6.23 Å². The summed E-state index contributed by atoms with van der Waals surface area (Å²) in [5.41, 5.74) is 0.656. The summed E-state index contributed by atoms with van der Waals surface area (Å²) in [7, 11) is 6.19. The Kier molecular flexibility index (Phi) is 18.9. The van der Waals surface area contributed by atoms with Gasteiger partial charge in [-0.1, -0.05) is 104 Å². The smallest absolute Gasteiger partial charge is 0.338 e. The van der Waals surface area contributed by atoms with Crippen molar-refractivity contribution in [3.05, 3.63) is 12.2 Å². The number of halogens is 1. The van der Waals surface area contributed by atoms with E-state index in [1.54, 1.807) is 0 Å². The maximum absolute atomic E-state index is 13.2. The average Bonchev–Trinajstić information content (AvgIpc) is 2.69. The molecule has 0 aliphatic heterocycles. The molecule has 1 atom stereocenters. The molecule has 0 fully saturated rings. The van der Waals surface area contributed by atoms with E-state index in [1.165, 1.54) is 77.0 Å². The monoisotopic (exact) mass is 459 g/mol. The lowest BCUT2D eigenvalue weighted by Crippen LogP contribution is -3.00. The van der Waals surface area contributed by atoms with Crippen LogP contribution >= 0.6 is 0 Å². The molecule has 0 spiro atoms. The van der Waals surface area contributed by atoms with E-state index >= 15 is 0 Å². The number of esters is 1. The third-order valence-corrected chi connectivity index (χ3v) is 6.78. The second-order valence-corrected chi connectivity index (χ2v) is 10.3. The Balaban J connectivity index is 0. The largest absolute Gasteiger partial charge is 1.00 e. The molecule has 0 aliphatic carbocycles. The van der Waals surface area contributed by atoms with Gasteiger partial charge in [-0.15, -0.1) is 0 Å². The molecule has 0 aromatic heterocycles. The predicted octanol–water partition coefficient (Wildman–Crippen LogP) is 5.04. The number of hydrogen-bond acceptors (Lipinski definition) is 2. The van der Waals surface area contributed by atoms with Gasteiger partial charge in [0, 0.05) is 17.9 Å². The van der Waals surface area contributed by atoms with Crippen molar-refractivity contribution in [1.82, 2.24) is 0 Å². The second-order valence-electron chi connectivity index (χ2n) is 10.3. The normalized spacial score (nSPS) is 12.9. The van der Waals surface area contributed by atoms with Gasteiger partial charge in [-0.25, -0.2) is 4.79 Å². The summed E-state index contributed by atoms with van der Waals surface area (Å²) in [5, 5.41) is 0. The van der Waals surface area contributed by atoms with E-state index in [0.717, 1.165) is 24.8 Å². The SMILES string of the molecule is C=C(C(=O)OC(C)[N+](C)(C)C)C(CCCCCC)(CCCCCC)CCCCCC.[Cl-]. The minimum absolute atomic E-state index is 0.